The molecule has 4 heteroatoms. The maximum absolute atomic E-state index is 9.30. The third kappa shape index (κ3) is 0.852. The first-order valence-corrected chi connectivity index (χ1v) is 3.52. The number of aliphatic hydroxyl groups is 2. The minimum Gasteiger partial charge on any atom is -0.493 e. The molecule has 0 spiro atoms. The number of nitrogens with one attached hydrogen (secondary N) is 2. The predicted molar refractivity (Wildman–Crippen MR) is 44.0 cm³/mol. The molecule has 1 aliphatic heterocycles. The molecule has 0 aliphatic carbocycles. The molecule has 2 rings (SSSR count). The van der Waals surface area contributed by atoms with Gasteiger partial charge in [0.2, 0.25) is 11.8 Å². The Morgan fingerprint density at radius 1 is 0.833 bits per heavy atom. The quantitative estimate of drug-likeness (QED) is 0.399. The lowest BCUT2D eigenvalue weighted by molar-refractivity contribution is 0.394. The fraction of sp³-hybridized carbons (Fsp3) is 0. The maximum Gasteiger partial charge on any atom is 0.211 e. The summed E-state index contributed by atoms with van der Waals surface area (Å²) in [5.41, 5.74) is 4.85. The highest BCUT2D eigenvalue weighted by Gasteiger charge is 2.05. The van der Waals surface area contributed by atoms with Crippen molar-refractivity contribution in [3.63, 3.8) is 0 Å². The largest absolute Gasteiger partial charge is 0.493 e. The van der Waals surface area contributed by atoms with Crippen molar-refractivity contribution in [3.8, 4) is 0 Å². The van der Waals surface area contributed by atoms with Crippen LogP contribution in [-0.4, -0.2) is 10.2 Å². The van der Waals surface area contributed by atoms with Gasteiger partial charge < -0.3 is 10.2 Å². The zero-order valence-corrected chi connectivity index (χ0v) is 6.20. The van der Waals surface area contributed by atoms with Crippen molar-refractivity contribution >= 4 is 11.8 Å². The molecular formula is C8H8N2O2. The number of benzene rings is 1. The summed E-state index contributed by atoms with van der Waals surface area (Å²) in [5, 5.41) is 19.8. The summed E-state index contributed by atoms with van der Waals surface area (Å²) >= 11 is 0. The van der Waals surface area contributed by atoms with Gasteiger partial charge in [-0.15, -0.1) is 0 Å². The zero-order chi connectivity index (χ0) is 8.55. The van der Waals surface area contributed by atoms with Crippen molar-refractivity contribution in [3.05, 3.63) is 34.7 Å². The van der Waals surface area contributed by atoms with Crippen LogP contribution in [0.5, 0.6) is 0 Å². The van der Waals surface area contributed by atoms with E-state index in [-0.39, 0.29) is 11.8 Å². The molecule has 0 aromatic heterocycles. The molecule has 0 atom stereocenters. The molecular weight excluding hydrogens is 156 g/mol. The fourth-order valence-corrected chi connectivity index (χ4v) is 1.15. The number of hydrogen-bond donors (Lipinski definition) is 4. The Kier molecular flexibility index (Phi) is 1.33. The molecule has 4 nitrogen and oxygen atoms in total. The van der Waals surface area contributed by atoms with Gasteiger partial charge in [-0.1, -0.05) is 12.1 Å². The molecule has 0 radical (unpaired) electrons. The summed E-state index contributed by atoms with van der Waals surface area (Å²) in [6, 6.07) is 7.01. The van der Waals surface area contributed by atoms with Crippen LogP contribution in [0.15, 0.2) is 24.3 Å². The monoisotopic (exact) mass is 164 g/mol. The van der Waals surface area contributed by atoms with E-state index in [1.54, 1.807) is 24.3 Å². The SMILES string of the molecule is OC1=c2ccccc2=C(O)NN1. The molecule has 0 unspecified atom stereocenters. The molecule has 62 valence electrons. The van der Waals surface area contributed by atoms with E-state index in [2.05, 4.69) is 10.9 Å². The van der Waals surface area contributed by atoms with E-state index in [4.69, 9.17) is 0 Å². The van der Waals surface area contributed by atoms with E-state index in [1.165, 1.54) is 0 Å². The Hall–Kier alpha value is -1.84. The summed E-state index contributed by atoms with van der Waals surface area (Å²) in [6.07, 6.45) is 0. The van der Waals surface area contributed by atoms with Crippen molar-refractivity contribution < 1.29 is 10.2 Å². The average Bonchev–Trinajstić information content (AvgIpc) is 2.12. The lowest BCUT2D eigenvalue weighted by atomic mass is 10.2. The topological polar surface area (TPSA) is 64.5 Å². The fourth-order valence-electron chi connectivity index (χ4n) is 1.15. The summed E-state index contributed by atoms with van der Waals surface area (Å²) in [4.78, 5) is 0. The van der Waals surface area contributed by atoms with Crippen molar-refractivity contribution in [2.24, 2.45) is 0 Å². The molecule has 1 aliphatic rings. The van der Waals surface area contributed by atoms with E-state index in [9.17, 15) is 10.2 Å². The molecule has 0 fully saturated rings. The third-order valence-corrected chi connectivity index (χ3v) is 1.74. The first-order chi connectivity index (χ1) is 5.79. The Bertz CT molecular complexity index is 384. The van der Waals surface area contributed by atoms with Crippen LogP contribution in [0.25, 0.3) is 11.8 Å². The summed E-state index contributed by atoms with van der Waals surface area (Å²) in [6.45, 7) is 0. The Labute approximate surface area is 68.4 Å². The van der Waals surface area contributed by atoms with Gasteiger partial charge in [0.05, 0.1) is 0 Å². The number of hydrazine groups is 1. The van der Waals surface area contributed by atoms with E-state index >= 15 is 0 Å². The smallest absolute Gasteiger partial charge is 0.211 e. The van der Waals surface area contributed by atoms with Crippen molar-refractivity contribution in [1.29, 1.82) is 0 Å². The first-order valence-electron chi connectivity index (χ1n) is 3.52. The van der Waals surface area contributed by atoms with Crippen molar-refractivity contribution in [1.82, 2.24) is 10.9 Å². The van der Waals surface area contributed by atoms with Crippen LogP contribution in [0.2, 0.25) is 0 Å². The number of hydrogen-bond acceptors (Lipinski definition) is 4. The second-order valence-corrected chi connectivity index (χ2v) is 2.49. The number of aliphatic hydroxyl groups excluding tert-OH is 2. The minimum atomic E-state index is 0.0170. The van der Waals surface area contributed by atoms with E-state index in [0.717, 1.165) is 0 Å². The van der Waals surface area contributed by atoms with Gasteiger partial charge in [-0.05, 0) is 12.1 Å². The Balaban J connectivity index is 2.95. The third-order valence-electron chi connectivity index (χ3n) is 1.74. The highest BCUT2D eigenvalue weighted by Crippen LogP contribution is 1.84. The van der Waals surface area contributed by atoms with Crippen LogP contribution in [0.3, 0.4) is 0 Å². The summed E-state index contributed by atoms with van der Waals surface area (Å²) in [7, 11) is 0. The predicted octanol–water partition coefficient (Wildman–Crippen LogP) is -0.958. The molecule has 0 amide bonds. The molecule has 12 heavy (non-hydrogen) atoms. The van der Waals surface area contributed by atoms with Crippen LogP contribution in [0, 0.1) is 0 Å². The minimum absolute atomic E-state index is 0.0170. The zero-order valence-electron chi connectivity index (χ0n) is 6.20. The van der Waals surface area contributed by atoms with Crippen LogP contribution in [0.4, 0.5) is 0 Å². The summed E-state index contributed by atoms with van der Waals surface area (Å²) in [5.74, 6) is 0.0341. The van der Waals surface area contributed by atoms with Crippen LogP contribution < -0.4 is 21.3 Å². The van der Waals surface area contributed by atoms with Crippen LogP contribution in [0.1, 0.15) is 0 Å². The molecule has 1 heterocycles. The van der Waals surface area contributed by atoms with Crippen LogP contribution >= 0.6 is 0 Å². The molecule has 0 bridgehead atoms. The molecule has 0 saturated heterocycles. The molecule has 1 aromatic carbocycles. The molecule has 4 N–H and O–H groups in total. The Morgan fingerprint density at radius 2 is 1.25 bits per heavy atom. The summed E-state index contributed by atoms with van der Waals surface area (Å²) < 4.78 is 0. The normalized spacial score (nSPS) is 14.7. The second kappa shape index (κ2) is 2.34. The van der Waals surface area contributed by atoms with Gasteiger partial charge in [0.15, 0.2) is 0 Å². The van der Waals surface area contributed by atoms with E-state index in [1.807, 2.05) is 0 Å². The first kappa shape index (κ1) is 6.84. The lowest BCUT2D eigenvalue weighted by Gasteiger charge is -2.12. The lowest BCUT2D eigenvalue weighted by Crippen LogP contribution is -2.46. The van der Waals surface area contributed by atoms with Gasteiger partial charge in [-0.25, -0.2) is 0 Å². The van der Waals surface area contributed by atoms with Gasteiger partial charge >= 0.3 is 0 Å². The van der Waals surface area contributed by atoms with Gasteiger partial charge in [0, 0.05) is 10.4 Å². The van der Waals surface area contributed by atoms with Crippen LogP contribution in [-0.2, 0) is 0 Å². The molecule has 1 aromatic rings. The highest BCUT2D eigenvalue weighted by molar-refractivity contribution is 5.44. The number of fused-ring (bicyclic) bond motifs is 1. The second-order valence-electron chi connectivity index (χ2n) is 2.49. The standard InChI is InChI=1S/C8H8N2O2/c11-7-5-3-1-2-4-6(5)8(12)10-9-7/h1-4,9-12H. The van der Waals surface area contributed by atoms with E-state index in [0.29, 0.717) is 10.4 Å². The van der Waals surface area contributed by atoms with Gasteiger partial charge in [-0.3, -0.25) is 10.9 Å². The average molecular weight is 164 g/mol. The van der Waals surface area contributed by atoms with Crippen molar-refractivity contribution in [2.75, 3.05) is 0 Å². The number of rotatable bonds is 0. The highest BCUT2D eigenvalue weighted by atomic mass is 16.3. The van der Waals surface area contributed by atoms with Gasteiger partial charge in [0.25, 0.3) is 0 Å². The van der Waals surface area contributed by atoms with Crippen molar-refractivity contribution in [2.45, 2.75) is 0 Å². The maximum atomic E-state index is 9.30. The van der Waals surface area contributed by atoms with E-state index < -0.39 is 0 Å². The molecule has 0 saturated carbocycles. The van der Waals surface area contributed by atoms with Gasteiger partial charge in [0.1, 0.15) is 0 Å². The Morgan fingerprint density at radius 3 is 1.67 bits per heavy atom. The van der Waals surface area contributed by atoms with Gasteiger partial charge in [-0.2, -0.15) is 0 Å².